The van der Waals surface area contributed by atoms with Crippen molar-refractivity contribution in [1.29, 1.82) is 0 Å². The maximum absolute atomic E-state index is 12.7. The molecule has 0 fully saturated rings. The summed E-state index contributed by atoms with van der Waals surface area (Å²) in [5.41, 5.74) is 3.04. The first-order chi connectivity index (χ1) is 12.6. The summed E-state index contributed by atoms with van der Waals surface area (Å²) >= 11 is 12.5. The van der Waals surface area contributed by atoms with E-state index in [1.54, 1.807) is 18.2 Å². The molecule has 0 aliphatic rings. The third-order valence-corrected chi connectivity index (χ3v) is 4.71. The van der Waals surface area contributed by atoms with Gasteiger partial charge in [-0.1, -0.05) is 65.7 Å². The van der Waals surface area contributed by atoms with Crippen LogP contribution < -0.4 is 10.6 Å². The topological polar surface area (TPSA) is 41.1 Å². The SMILES string of the molecule is CC(C(=O)Nc1ccccc1)c1ccccc1Nc1c(Cl)cccc1Cl. The van der Waals surface area contributed by atoms with Crippen molar-refractivity contribution in [1.82, 2.24) is 0 Å². The number of benzene rings is 3. The lowest BCUT2D eigenvalue weighted by Gasteiger charge is -2.18. The molecule has 2 N–H and O–H groups in total. The maximum Gasteiger partial charge on any atom is 0.231 e. The number of para-hydroxylation sites is 3. The van der Waals surface area contributed by atoms with Crippen LogP contribution in [-0.2, 0) is 4.79 Å². The highest BCUT2D eigenvalue weighted by molar-refractivity contribution is 6.39. The number of amides is 1. The molecule has 3 nitrogen and oxygen atoms in total. The number of halogens is 2. The van der Waals surface area contributed by atoms with Crippen molar-refractivity contribution in [3.05, 3.63) is 88.4 Å². The van der Waals surface area contributed by atoms with Crippen molar-refractivity contribution in [2.75, 3.05) is 10.6 Å². The van der Waals surface area contributed by atoms with Crippen molar-refractivity contribution in [3.63, 3.8) is 0 Å². The van der Waals surface area contributed by atoms with E-state index in [4.69, 9.17) is 23.2 Å². The average molecular weight is 385 g/mol. The molecule has 0 saturated carbocycles. The van der Waals surface area contributed by atoms with Crippen LogP contribution >= 0.6 is 23.2 Å². The van der Waals surface area contributed by atoms with Gasteiger partial charge in [0.1, 0.15) is 0 Å². The van der Waals surface area contributed by atoms with Gasteiger partial charge in [0.2, 0.25) is 5.91 Å². The number of rotatable bonds is 5. The molecule has 5 heteroatoms. The van der Waals surface area contributed by atoms with Gasteiger partial charge in [0.15, 0.2) is 0 Å². The highest BCUT2D eigenvalue weighted by Gasteiger charge is 2.19. The standard InChI is InChI=1S/C21H18Cl2N2O/c1-14(21(26)24-15-8-3-2-4-9-15)16-10-5-6-13-19(16)25-20-17(22)11-7-12-18(20)23/h2-14,25H,1H3,(H,24,26). The summed E-state index contributed by atoms with van der Waals surface area (Å²) in [6.07, 6.45) is 0. The van der Waals surface area contributed by atoms with E-state index in [0.29, 0.717) is 15.7 Å². The van der Waals surface area contributed by atoms with Crippen LogP contribution in [0.1, 0.15) is 18.4 Å². The quantitative estimate of drug-likeness (QED) is 0.528. The van der Waals surface area contributed by atoms with E-state index < -0.39 is 0 Å². The first kappa shape index (κ1) is 18.3. The van der Waals surface area contributed by atoms with Gasteiger partial charge < -0.3 is 10.6 Å². The molecular formula is C21H18Cl2N2O. The Kier molecular flexibility index (Phi) is 5.82. The molecule has 1 atom stereocenters. The molecule has 3 aromatic carbocycles. The van der Waals surface area contributed by atoms with E-state index in [1.807, 2.05) is 61.5 Å². The summed E-state index contributed by atoms with van der Waals surface area (Å²) in [6.45, 7) is 1.87. The minimum atomic E-state index is -0.361. The molecule has 0 heterocycles. The van der Waals surface area contributed by atoms with Gasteiger partial charge in [-0.25, -0.2) is 0 Å². The highest BCUT2D eigenvalue weighted by Crippen LogP contribution is 2.35. The molecule has 3 aromatic rings. The second kappa shape index (κ2) is 8.26. The molecule has 0 spiro atoms. The summed E-state index contributed by atoms with van der Waals surface area (Å²) in [5, 5.41) is 7.24. The lowest BCUT2D eigenvalue weighted by atomic mass is 9.98. The predicted molar refractivity (Wildman–Crippen MR) is 110 cm³/mol. The Balaban J connectivity index is 1.85. The van der Waals surface area contributed by atoms with Gasteiger partial charge in [-0.2, -0.15) is 0 Å². The molecule has 0 aromatic heterocycles. The second-order valence-corrected chi connectivity index (χ2v) is 6.70. The number of carbonyl (C=O) groups excluding carboxylic acids is 1. The molecule has 26 heavy (non-hydrogen) atoms. The number of hydrogen-bond donors (Lipinski definition) is 2. The minimum absolute atomic E-state index is 0.0873. The van der Waals surface area contributed by atoms with E-state index in [0.717, 1.165) is 16.9 Å². The van der Waals surface area contributed by atoms with Crippen molar-refractivity contribution in [3.8, 4) is 0 Å². The summed E-state index contributed by atoms with van der Waals surface area (Å²) in [4.78, 5) is 12.7. The monoisotopic (exact) mass is 384 g/mol. The zero-order chi connectivity index (χ0) is 18.5. The first-order valence-electron chi connectivity index (χ1n) is 8.22. The van der Waals surface area contributed by atoms with Gasteiger partial charge in [-0.3, -0.25) is 4.79 Å². The largest absolute Gasteiger partial charge is 0.353 e. The third-order valence-electron chi connectivity index (χ3n) is 4.08. The molecule has 1 unspecified atom stereocenters. The summed E-state index contributed by atoms with van der Waals surface area (Å²) < 4.78 is 0. The van der Waals surface area contributed by atoms with Crippen molar-refractivity contribution in [2.45, 2.75) is 12.8 Å². The van der Waals surface area contributed by atoms with E-state index in [2.05, 4.69) is 10.6 Å². The third kappa shape index (κ3) is 4.18. The Morgan fingerprint density at radius 3 is 2.15 bits per heavy atom. The van der Waals surface area contributed by atoms with Crippen LogP contribution in [0.4, 0.5) is 17.1 Å². The van der Waals surface area contributed by atoms with Gasteiger partial charge in [0.05, 0.1) is 21.7 Å². The van der Waals surface area contributed by atoms with Gasteiger partial charge in [0.25, 0.3) is 0 Å². The number of hydrogen-bond acceptors (Lipinski definition) is 2. The number of anilines is 3. The lowest BCUT2D eigenvalue weighted by Crippen LogP contribution is -2.19. The van der Waals surface area contributed by atoms with Gasteiger partial charge in [0, 0.05) is 11.4 Å². The molecule has 1 amide bonds. The Hall–Kier alpha value is -2.49. The molecule has 0 saturated heterocycles. The molecule has 3 rings (SSSR count). The van der Waals surface area contributed by atoms with Crippen LogP contribution in [0.15, 0.2) is 72.8 Å². The zero-order valence-electron chi connectivity index (χ0n) is 14.2. The van der Waals surface area contributed by atoms with Crippen LogP contribution in [0.5, 0.6) is 0 Å². The first-order valence-corrected chi connectivity index (χ1v) is 8.97. The van der Waals surface area contributed by atoms with Crippen molar-refractivity contribution < 1.29 is 4.79 Å². The Morgan fingerprint density at radius 2 is 1.46 bits per heavy atom. The van der Waals surface area contributed by atoms with Crippen LogP contribution in [0.25, 0.3) is 0 Å². The van der Waals surface area contributed by atoms with Crippen LogP contribution in [0.3, 0.4) is 0 Å². The fraction of sp³-hybridized carbons (Fsp3) is 0.0952. The van der Waals surface area contributed by atoms with Crippen molar-refractivity contribution >= 4 is 46.2 Å². The Morgan fingerprint density at radius 1 is 0.846 bits per heavy atom. The van der Waals surface area contributed by atoms with Gasteiger partial charge in [-0.05, 0) is 42.8 Å². The van der Waals surface area contributed by atoms with Crippen LogP contribution in [-0.4, -0.2) is 5.91 Å². The normalized spacial score (nSPS) is 11.7. The molecule has 0 aliphatic carbocycles. The van der Waals surface area contributed by atoms with Crippen LogP contribution in [0.2, 0.25) is 10.0 Å². The summed E-state index contributed by atoms with van der Waals surface area (Å²) in [6, 6.07) is 22.3. The number of carbonyl (C=O) groups is 1. The smallest absolute Gasteiger partial charge is 0.231 e. The second-order valence-electron chi connectivity index (χ2n) is 5.89. The van der Waals surface area contributed by atoms with E-state index in [-0.39, 0.29) is 11.8 Å². The number of nitrogens with one attached hydrogen (secondary N) is 2. The van der Waals surface area contributed by atoms with Crippen molar-refractivity contribution in [2.24, 2.45) is 0 Å². The minimum Gasteiger partial charge on any atom is -0.353 e. The van der Waals surface area contributed by atoms with Gasteiger partial charge in [-0.15, -0.1) is 0 Å². The van der Waals surface area contributed by atoms with Gasteiger partial charge >= 0.3 is 0 Å². The van der Waals surface area contributed by atoms with E-state index >= 15 is 0 Å². The predicted octanol–water partition coefficient (Wildman–Crippen LogP) is 6.48. The Labute approximate surface area is 163 Å². The molecular weight excluding hydrogens is 367 g/mol. The molecule has 0 bridgehead atoms. The summed E-state index contributed by atoms with van der Waals surface area (Å²) in [5.74, 6) is -0.448. The fourth-order valence-electron chi connectivity index (χ4n) is 2.65. The van der Waals surface area contributed by atoms with E-state index in [1.165, 1.54) is 0 Å². The Bertz CT molecular complexity index is 893. The van der Waals surface area contributed by atoms with E-state index in [9.17, 15) is 4.79 Å². The average Bonchev–Trinajstić information content (AvgIpc) is 2.65. The summed E-state index contributed by atoms with van der Waals surface area (Å²) in [7, 11) is 0. The fourth-order valence-corrected chi connectivity index (χ4v) is 3.15. The lowest BCUT2D eigenvalue weighted by molar-refractivity contribution is -0.117. The molecule has 0 radical (unpaired) electrons. The molecule has 132 valence electrons. The highest BCUT2D eigenvalue weighted by atomic mass is 35.5. The maximum atomic E-state index is 12.7. The molecule has 0 aliphatic heterocycles. The zero-order valence-corrected chi connectivity index (χ0v) is 15.7. The van der Waals surface area contributed by atoms with Crippen LogP contribution in [0, 0.1) is 0 Å².